The minimum absolute atomic E-state index is 0.0104. The summed E-state index contributed by atoms with van der Waals surface area (Å²) in [6.07, 6.45) is 1.84. The van der Waals surface area contributed by atoms with Crippen molar-refractivity contribution < 1.29 is 0 Å². The monoisotopic (exact) mass is 431 g/mol. The van der Waals surface area contributed by atoms with Gasteiger partial charge in [0.05, 0.1) is 24.7 Å². The third-order valence-electron chi connectivity index (χ3n) is 5.86. The van der Waals surface area contributed by atoms with Crippen molar-refractivity contribution in [2.45, 2.75) is 38.9 Å². The molecule has 9 nitrogen and oxygen atoms in total. The third-order valence-corrected chi connectivity index (χ3v) is 5.86. The highest BCUT2D eigenvalue weighted by Gasteiger charge is 2.26. The largest absolute Gasteiger partial charge is 0.341 e. The van der Waals surface area contributed by atoms with Gasteiger partial charge >= 0.3 is 0 Å². The van der Waals surface area contributed by atoms with Crippen molar-refractivity contribution in [3.8, 4) is 17.9 Å². The number of aromatic nitrogens is 4. The number of anilines is 1. The van der Waals surface area contributed by atoms with Gasteiger partial charge in [-0.15, -0.1) is 5.92 Å². The normalized spacial score (nSPS) is 15.9. The molecule has 3 heterocycles. The molecule has 9 heteroatoms. The Kier molecular flexibility index (Phi) is 5.85. The van der Waals surface area contributed by atoms with E-state index in [9.17, 15) is 14.9 Å². The Morgan fingerprint density at radius 2 is 2.03 bits per heavy atom. The minimum Gasteiger partial charge on any atom is -0.341 e. The van der Waals surface area contributed by atoms with Gasteiger partial charge in [0, 0.05) is 26.2 Å². The van der Waals surface area contributed by atoms with Crippen LogP contribution >= 0.6 is 0 Å². The maximum Gasteiger partial charge on any atom is 0.293 e. The lowest BCUT2D eigenvalue weighted by molar-refractivity contribution is 0.495. The van der Waals surface area contributed by atoms with Gasteiger partial charge in [0.25, 0.3) is 11.1 Å². The van der Waals surface area contributed by atoms with Gasteiger partial charge in [-0.3, -0.25) is 14.2 Å². The number of nitrogens with two attached hydrogens (primary N) is 1. The number of piperidine rings is 1. The fourth-order valence-electron chi connectivity index (χ4n) is 4.18. The number of hydrogen-bond acceptors (Lipinski definition) is 6. The first-order valence-corrected chi connectivity index (χ1v) is 10.5. The maximum atomic E-state index is 13.6. The predicted octanol–water partition coefficient (Wildman–Crippen LogP) is 0.767. The summed E-state index contributed by atoms with van der Waals surface area (Å²) in [6, 6.07) is 9.19. The Bertz CT molecular complexity index is 1390. The second-order valence-electron chi connectivity index (χ2n) is 7.93. The SMILES string of the molecule is CC#CCn1c(N2CCCC(N)C2)nc2c(=O)n(C)n(Cc3ccccc3C#N)c(=O)c21. The highest BCUT2D eigenvalue weighted by atomic mass is 16.2. The van der Waals surface area contributed by atoms with Crippen molar-refractivity contribution in [3.05, 3.63) is 56.1 Å². The van der Waals surface area contributed by atoms with E-state index >= 15 is 0 Å². The van der Waals surface area contributed by atoms with Crippen molar-refractivity contribution in [2.24, 2.45) is 12.8 Å². The molecule has 0 bridgehead atoms. The zero-order valence-electron chi connectivity index (χ0n) is 18.2. The summed E-state index contributed by atoms with van der Waals surface area (Å²) in [5.41, 5.74) is 6.89. The molecule has 1 unspecified atom stereocenters. The van der Waals surface area contributed by atoms with Crippen molar-refractivity contribution >= 4 is 17.0 Å². The van der Waals surface area contributed by atoms with E-state index in [2.05, 4.69) is 22.9 Å². The predicted molar refractivity (Wildman–Crippen MR) is 122 cm³/mol. The van der Waals surface area contributed by atoms with Crippen LogP contribution in [0.1, 0.15) is 30.9 Å². The summed E-state index contributed by atoms with van der Waals surface area (Å²) < 4.78 is 4.35. The fourth-order valence-corrected chi connectivity index (χ4v) is 4.18. The first kappa shape index (κ1) is 21.4. The van der Waals surface area contributed by atoms with Gasteiger partial charge in [-0.25, -0.2) is 14.3 Å². The molecule has 1 atom stereocenters. The zero-order valence-corrected chi connectivity index (χ0v) is 18.2. The average Bonchev–Trinajstić information content (AvgIpc) is 3.19. The van der Waals surface area contributed by atoms with Gasteiger partial charge in [-0.2, -0.15) is 5.26 Å². The smallest absolute Gasteiger partial charge is 0.293 e. The van der Waals surface area contributed by atoms with E-state index < -0.39 is 0 Å². The molecule has 2 aromatic heterocycles. The van der Waals surface area contributed by atoms with E-state index in [-0.39, 0.29) is 41.3 Å². The van der Waals surface area contributed by atoms with Crippen LogP contribution in [0.5, 0.6) is 0 Å². The molecular weight excluding hydrogens is 406 g/mol. The van der Waals surface area contributed by atoms with E-state index in [1.807, 2.05) is 4.90 Å². The first-order valence-electron chi connectivity index (χ1n) is 10.5. The molecule has 0 spiro atoms. The van der Waals surface area contributed by atoms with Crippen molar-refractivity contribution in [1.29, 1.82) is 5.26 Å². The third kappa shape index (κ3) is 3.68. The summed E-state index contributed by atoms with van der Waals surface area (Å²) in [5, 5.41) is 9.42. The number of nitrogens with zero attached hydrogens (tertiary/aromatic N) is 6. The number of rotatable bonds is 4. The van der Waals surface area contributed by atoms with Crippen LogP contribution < -0.4 is 21.8 Å². The van der Waals surface area contributed by atoms with Gasteiger partial charge < -0.3 is 10.6 Å². The summed E-state index contributed by atoms with van der Waals surface area (Å²) in [6.45, 7) is 3.42. The van der Waals surface area contributed by atoms with Crippen LogP contribution in [-0.4, -0.2) is 38.0 Å². The molecular formula is C23H25N7O2. The molecule has 32 heavy (non-hydrogen) atoms. The molecule has 0 amide bonds. The second-order valence-corrected chi connectivity index (χ2v) is 7.93. The number of fused-ring (bicyclic) bond motifs is 1. The molecule has 0 saturated carbocycles. The van der Waals surface area contributed by atoms with Crippen molar-refractivity contribution in [1.82, 2.24) is 18.9 Å². The number of nitriles is 1. The van der Waals surface area contributed by atoms with Gasteiger partial charge in [0.2, 0.25) is 5.95 Å². The van der Waals surface area contributed by atoms with Crippen LogP contribution in [-0.2, 0) is 20.1 Å². The standard InChI is InChI=1S/C23H25N7O2/c1-3-4-12-29-20-19(26-23(29)28-11-7-10-18(25)15-28)21(31)27(2)30(22(20)32)14-17-9-6-5-8-16(17)13-24/h5-6,8-9,18H,7,10-12,14-15,25H2,1-2H3. The molecule has 0 aliphatic carbocycles. The van der Waals surface area contributed by atoms with Gasteiger partial charge in [0.15, 0.2) is 5.52 Å². The molecule has 1 saturated heterocycles. The van der Waals surface area contributed by atoms with Crippen LogP contribution in [0, 0.1) is 23.2 Å². The topological polar surface area (TPSA) is 115 Å². The quantitative estimate of drug-likeness (QED) is 0.610. The number of hydrogen-bond donors (Lipinski definition) is 1. The van der Waals surface area contributed by atoms with Crippen LogP contribution in [0.3, 0.4) is 0 Å². The Labute approximate surface area is 185 Å². The van der Waals surface area contributed by atoms with Crippen LogP contribution in [0.2, 0.25) is 0 Å². The van der Waals surface area contributed by atoms with Crippen molar-refractivity contribution in [2.75, 3.05) is 18.0 Å². The van der Waals surface area contributed by atoms with E-state index in [0.29, 0.717) is 23.6 Å². The number of imidazole rings is 1. The zero-order chi connectivity index (χ0) is 22.8. The minimum atomic E-state index is -0.375. The molecule has 1 aromatic carbocycles. The molecule has 0 radical (unpaired) electrons. The molecule has 164 valence electrons. The fraction of sp³-hybridized carbons (Fsp3) is 0.391. The van der Waals surface area contributed by atoms with E-state index in [4.69, 9.17) is 5.73 Å². The Morgan fingerprint density at radius 1 is 1.25 bits per heavy atom. The Balaban J connectivity index is 1.94. The maximum absolute atomic E-state index is 13.6. The van der Waals surface area contributed by atoms with Crippen molar-refractivity contribution in [3.63, 3.8) is 0 Å². The average molecular weight is 432 g/mol. The van der Waals surface area contributed by atoms with Gasteiger partial charge in [-0.1, -0.05) is 24.1 Å². The summed E-state index contributed by atoms with van der Waals surface area (Å²) >= 11 is 0. The highest BCUT2D eigenvalue weighted by molar-refractivity contribution is 5.77. The Morgan fingerprint density at radius 3 is 2.75 bits per heavy atom. The molecule has 1 fully saturated rings. The molecule has 1 aliphatic rings. The summed E-state index contributed by atoms with van der Waals surface area (Å²) in [4.78, 5) is 33.5. The molecule has 4 rings (SSSR count). The summed E-state index contributed by atoms with van der Waals surface area (Å²) in [7, 11) is 1.54. The molecule has 2 N–H and O–H groups in total. The lowest BCUT2D eigenvalue weighted by Crippen LogP contribution is -2.44. The number of benzene rings is 1. The van der Waals surface area contributed by atoms with E-state index in [0.717, 1.165) is 19.4 Å². The second kappa shape index (κ2) is 8.74. The lowest BCUT2D eigenvalue weighted by atomic mass is 10.1. The van der Waals surface area contributed by atoms with E-state index in [1.54, 1.807) is 42.8 Å². The highest BCUT2D eigenvalue weighted by Crippen LogP contribution is 2.22. The van der Waals surface area contributed by atoms with Crippen LogP contribution in [0.15, 0.2) is 33.9 Å². The molecule has 1 aliphatic heterocycles. The van der Waals surface area contributed by atoms with E-state index in [1.165, 1.54) is 9.36 Å². The Hall–Kier alpha value is -3.82. The summed E-state index contributed by atoms with van der Waals surface area (Å²) in [5.74, 6) is 6.40. The molecule has 3 aromatic rings. The first-order chi connectivity index (χ1) is 15.5. The lowest BCUT2D eigenvalue weighted by Gasteiger charge is -2.31. The van der Waals surface area contributed by atoms with Crippen LogP contribution in [0.4, 0.5) is 5.95 Å². The van der Waals surface area contributed by atoms with Gasteiger partial charge in [0.1, 0.15) is 5.52 Å². The van der Waals surface area contributed by atoms with Crippen LogP contribution in [0.25, 0.3) is 11.0 Å². The van der Waals surface area contributed by atoms with Gasteiger partial charge in [-0.05, 0) is 31.4 Å².